The number of sulfonamides is 1. The van der Waals surface area contributed by atoms with Gasteiger partial charge in [0.15, 0.2) is 5.03 Å². The van der Waals surface area contributed by atoms with E-state index < -0.39 is 10.0 Å². The van der Waals surface area contributed by atoms with Gasteiger partial charge in [-0.25, -0.2) is 0 Å². The van der Waals surface area contributed by atoms with Crippen LogP contribution in [0.5, 0.6) is 0 Å². The Morgan fingerprint density at radius 1 is 1.30 bits per heavy atom. The van der Waals surface area contributed by atoms with Gasteiger partial charge in [0.05, 0.1) is 16.9 Å². The molecule has 0 saturated carbocycles. The lowest BCUT2D eigenvalue weighted by atomic mass is 10.2. The highest BCUT2D eigenvalue weighted by Crippen LogP contribution is 2.31. The minimum atomic E-state index is -3.85. The van der Waals surface area contributed by atoms with Crippen LogP contribution in [0.4, 0.5) is 5.69 Å². The summed E-state index contributed by atoms with van der Waals surface area (Å²) in [4.78, 5) is 0. The van der Waals surface area contributed by atoms with Crippen molar-refractivity contribution in [2.45, 2.75) is 11.9 Å². The number of hydrogen-bond donors (Lipinski definition) is 1. The molecule has 108 valence electrons. The van der Waals surface area contributed by atoms with Gasteiger partial charge < -0.3 is 0 Å². The van der Waals surface area contributed by atoms with Gasteiger partial charge in [-0.2, -0.15) is 13.5 Å². The molecule has 9 heteroatoms. The fourth-order valence-corrected chi connectivity index (χ4v) is 4.20. The Morgan fingerprint density at radius 3 is 2.50 bits per heavy atom. The number of aromatic nitrogens is 2. The Balaban J connectivity index is 2.47. The summed E-state index contributed by atoms with van der Waals surface area (Å²) in [5, 5.41) is 4.21. The van der Waals surface area contributed by atoms with Crippen molar-refractivity contribution in [3.8, 4) is 0 Å². The monoisotopic (exact) mass is 397 g/mol. The van der Waals surface area contributed by atoms with Crippen LogP contribution in [0.1, 0.15) is 5.56 Å². The largest absolute Gasteiger partial charge is 0.280 e. The first-order valence-electron chi connectivity index (χ1n) is 5.38. The van der Waals surface area contributed by atoms with Gasteiger partial charge in [0.2, 0.25) is 0 Å². The predicted molar refractivity (Wildman–Crippen MR) is 82.9 cm³/mol. The van der Waals surface area contributed by atoms with Crippen molar-refractivity contribution in [2.75, 3.05) is 4.72 Å². The zero-order valence-electron chi connectivity index (χ0n) is 10.5. The highest BCUT2D eigenvalue weighted by molar-refractivity contribution is 9.10. The third-order valence-corrected chi connectivity index (χ3v) is 5.52. The second kappa shape index (κ2) is 5.55. The number of rotatable bonds is 3. The summed E-state index contributed by atoms with van der Waals surface area (Å²) in [5.41, 5.74) is 1.16. The van der Waals surface area contributed by atoms with Gasteiger partial charge in [0, 0.05) is 16.5 Å². The summed E-state index contributed by atoms with van der Waals surface area (Å²) in [5.74, 6) is 0. The van der Waals surface area contributed by atoms with E-state index in [-0.39, 0.29) is 10.0 Å². The van der Waals surface area contributed by atoms with Crippen LogP contribution in [0.15, 0.2) is 27.8 Å². The van der Waals surface area contributed by atoms with Crippen molar-refractivity contribution in [1.29, 1.82) is 0 Å². The van der Waals surface area contributed by atoms with E-state index in [9.17, 15) is 8.42 Å². The molecule has 2 rings (SSSR count). The van der Waals surface area contributed by atoms with Crippen molar-refractivity contribution >= 4 is 54.8 Å². The maximum Gasteiger partial charge on any atom is 0.280 e. The first-order chi connectivity index (χ1) is 9.22. The molecule has 1 N–H and O–H groups in total. The van der Waals surface area contributed by atoms with E-state index in [0.29, 0.717) is 15.2 Å². The van der Waals surface area contributed by atoms with E-state index in [1.807, 2.05) is 6.92 Å². The van der Waals surface area contributed by atoms with Crippen LogP contribution in [0.2, 0.25) is 10.0 Å². The molecular formula is C11H10BrCl2N3O2S. The molecule has 0 spiro atoms. The maximum atomic E-state index is 12.3. The molecule has 0 unspecified atom stereocenters. The van der Waals surface area contributed by atoms with Crippen molar-refractivity contribution in [2.24, 2.45) is 7.05 Å². The topological polar surface area (TPSA) is 64.0 Å². The fourth-order valence-electron chi connectivity index (χ4n) is 1.62. The number of halogens is 3. The number of aryl methyl sites for hydroxylation is 2. The fraction of sp³-hybridized carbons (Fsp3) is 0.182. The first kappa shape index (κ1) is 15.6. The van der Waals surface area contributed by atoms with E-state index in [4.69, 9.17) is 23.2 Å². The van der Waals surface area contributed by atoms with Gasteiger partial charge in [0.25, 0.3) is 10.0 Å². The molecule has 0 radical (unpaired) electrons. The molecule has 0 fully saturated rings. The number of benzene rings is 1. The highest BCUT2D eigenvalue weighted by atomic mass is 79.9. The zero-order valence-corrected chi connectivity index (χ0v) is 14.4. The smallest absolute Gasteiger partial charge is 0.277 e. The van der Waals surface area contributed by atoms with Crippen LogP contribution < -0.4 is 4.72 Å². The van der Waals surface area contributed by atoms with E-state index in [1.165, 1.54) is 24.0 Å². The zero-order chi connectivity index (χ0) is 15.1. The van der Waals surface area contributed by atoms with Crippen LogP contribution in [0.25, 0.3) is 0 Å². The van der Waals surface area contributed by atoms with Crippen LogP contribution in [0, 0.1) is 6.92 Å². The van der Waals surface area contributed by atoms with Crippen LogP contribution in [-0.2, 0) is 17.1 Å². The lowest BCUT2D eigenvalue weighted by Crippen LogP contribution is -2.17. The average molecular weight is 399 g/mol. The number of hydrogen-bond acceptors (Lipinski definition) is 3. The average Bonchev–Trinajstić information content (AvgIpc) is 2.66. The first-order valence-corrected chi connectivity index (χ1v) is 8.41. The molecule has 0 amide bonds. The Bertz CT molecular complexity index is 755. The van der Waals surface area contributed by atoms with Crippen LogP contribution in [0.3, 0.4) is 0 Å². The van der Waals surface area contributed by atoms with Crippen molar-refractivity contribution < 1.29 is 8.42 Å². The van der Waals surface area contributed by atoms with Crippen LogP contribution in [-0.4, -0.2) is 18.2 Å². The van der Waals surface area contributed by atoms with E-state index in [2.05, 4.69) is 25.8 Å². The van der Waals surface area contributed by atoms with Crippen LogP contribution >= 0.6 is 39.1 Å². The number of nitrogens with zero attached hydrogens (tertiary/aromatic N) is 2. The van der Waals surface area contributed by atoms with Crippen molar-refractivity contribution in [1.82, 2.24) is 9.78 Å². The number of anilines is 1. The summed E-state index contributed by atoms with van der Waals surface area (Å²) >= 11 is 15.1. The summed E-state index contributed by atoms with van der Waals surface area (Å²) in [7, 11) is -2.36. The molecule has 1 heterocycles. The quantitative estimate of drug-likeness (QED) is 0.858. The Hall–Kier alpha value is -0.760. The maximum absolute atomic E-state index is 12.3. The minimum Gasteiger partial charge on any atom is -0.277 e. The Labute approximate surface area is 135 Å². The Kier molecular flexibility index (Phi) is 4.34. The van der Waals surface area contributed by atoms with Crippen molar-refractivity contribution in [3.05, 3.63) is 38.4 Å². The normalized spacial score (nSPS) is 11.7. The predicted octanol–water partition coefficient (Wildman–Crippen LogP) is 3.60. The summed E-state index contributed by atoms with van der Waals surface area (Å²) in [6, 6.07) is 3.26. The molecule has 20 heavy (non-hydrogen) atoms. The second-order valence-corrected chi connectivity index (χ2v) is 7.37. The number of nitrogens with one attached hydrogen (secondary N) is 1. The van der Waals surface area contributed by atoms with Gasteiger partial charge in [-0.05, 0) is 40.5 Å². The van der Waals surface area contributed by atoms with E-state index >= 15 is 0 Å². The van der Waals surface area contributed by atoms with Gasteiger partial charge in [0.1, 0.15) is 0 Å². The lowest BCUT2D eigenvalue weighted by Gasteiger charge is -2.11. The van der Waals surface area contributed by atoms with Gasteiger partial charge >= 0.3 is 0 Å². The molecule has 0 aliphatic rings. The molecule has 1 aromatic heterocycles. The SMILES string of the molecule is Cc1cc(Br)c(NS(=O)(=O)c2c(Cl)cnn2C)cc1Cl. The van der Waals surface area contributed by atoms with Gasteiger partial charge in [-0.1, -0.05) is 23.2 Å². The van der Waals surface area contributed by atoms with E-state index in [0.717, 1.165) is 5.56 Å². The third kappa shape index (κ3) is 2.95. The second-order valence-electron chi connectivity index (χ2n) is 4.11. The van der Waals surface area contributed by atoms with Crippen molar-refractivity contribution in [3.63, 3.8) is 0 Å². The standard InChI is InChI=1S/C11H10BrCl2N3O2S/c1-6-3-7(12)10(4-8(6)13)16-20(18,19)11-9(14)5-15-17(11)2/h3-5,16H,1-2H3. The van der Waals surface area contributed by atoms with Gasteiger partial charge in [-0.3, -0.25) is 9.40 Å². The molecule has 5 nitrogen and oxygen atoms in total. The Morgan fingerprint density at radius 2 is 1.95 bits per heavy atom. The minimum absolute atomic E-state index is 0.0503. The molecule has 2 aromatic rings. The lowest BCUT2D eigenvalue weighted by molar-refractivity contribution is 0.582. The molecule has 0 aliphatic heterocycles. The molecule has 0 atom stereocenters. The molecule has 1 aromatic carbocycles. The molecule has 0 bridgehead atoms. The summed E-state index contributed by atoms with van der Waals surface area (Å²) < 4.78 is 28.9. The summed E-state index contributed by atoms with van der Waals surface area (Å²) in [6.07, 6.45) is 1.27. The molecule has 0 aliphatic carbocycles. The third-order valence-electron chi connectivity index (χ3n) is 2.59. The summed E-state index contributed by atoms with van der Waals surface area (Å²) in [6.45, 7) is 1.82. The molecular weight excluding hydrogens is 389 g/mol. The van der Waals surface area contributed by atoms with Gasteiger partial charge in [-0.15, -0.1) is 0 Å². The highest BCUT2D eigenvalue weighted by Gasteiger charge is 2.23. The van der Waals surface area contributed by atoms with E-state index in [1.54, 1.807) is 6.07 Å². The molecule has 0 saturated heterocycles.